The number of hydrogen-bond acceptors (Lipinski definition) is 1. The molecular formula is C7H11FO2. The molecule has 1 aliphatic rings. The summed E-state index contributed by atoms with van der Waals surface area (Å²) in [4.78, 5) is 10.5. The maximum Gasteiger partial charge on any atom is 0.312 e. The van der Waals surface area contributed by atoms with Crippen molar-refractivity contribution in [1.29, 1.82) is 0 Å². The van der Waals surface area contributed by atoms with Crippen LogP contribution in [-0.4, -0.2) is 17.8 Å². The van der Waals surface area contributed by atoms with Crippen LogP contribution in [-0.2, 0) is 4.79 Å². The van der Waals surface area contributed by atoms with Crippen LogP contribution < -0.4 is 0 Å². The molecule has 0 saturated heterocycles. The number of rotatable bonds is 2. The van der Waals surface area contributed by atoms with Crippen LogP contribution in [0.25, 0.3) is 0 Å². The highest BCUT2D eigenvalue weighted by atomic mass is 19.1. The minimum atomic E-state index is -1.06. The van der Waals surface area contributed by atoms with E-state index in [1.54, 1.807) is 13.8 Å². The van der Waals surface area contributed by atoms with E-state index >= 15 is 0 Å². The van der Waals surface area contributed by atoms with Gasteiger partial charge in [-0.3, -0.25) is 4.79 Å². The van der Waals surface area contributed by atoms with Crippen LogP contribution in [0.15, 0.2) is 0 Å². The smallest absolute Gasteiger partial charge is 0.312 e. The summed E-state index contributed by atoms with van der Waals surface area (Å²) in [6.07, 6.45) is 0.464. The first kappa shape index (κ1) is 7.51. The van der Waals surface area contributed by atoms with E-state index in [4.69, 9.17) is 5.11 Å². The lowest BCUT2D eigenvalue weighted by Crippen LogP contribution is -2.22. The third-order valence-corrected chi connectivity index (χ3v) is 2.55. The first-order valence-electron chi connectivity index (χ1n) is 3.26. The molecule has 3 heteroatoms. The van der Waals surface area contributed by atoms with Gasteiger partial charge in [0.05, 0.1) is 0 Å². The predicted octanol–water partition coefficient (Wildman–Crippen LogP) is 1.46. The predicted molar refractivity (Wildman–Crippen MR) is 34.4 cm³/mol. The first-order chi connectivity index (χ1) is 4.46. The fraction of sp³-hybridized carbons (Fsp3) is 0.857. The quantitative estimate of drug-likeness (QED) is 0.640. The second kappa shape index (κ2) is 1.71. The van der Waals surface area contributed by atoms with Crippen LogP contribution in [0.1, 0.15) is 20.3 Å². The number of carboxylic acids is 1. The zero-order chi connectivity index (χ0) is 7.99. The molecule has 0 spiro atoms. The Morgan fingerprint density at radius 3 is 2.10 bits per heavy atom. The van der Waals surface area contributed by atoms with Crippen LogP contribution in [0.4, 0.5) is 4.39 Å². The third-order valence-electron chi connectivity index (χ3n) is 2.55. The number of alkyl halides is 1. The molecule has 0 aliphatic heterocycles. The molecule has 0 bridgehead atoms. The van der Waals surface area contributed by atoms with Gasteiger partial charge in [-0.2, -0.15) is 0 Å². The van der Waals surface area contributed by atoms with E-state index in [0.717, 1.165) is 0 Å². The Balaban J connectivity index is 2.78. The van der Waals surface area contributed by atoms with Crippen molar-refractivity contribution in [3.8, 4) is 0 Å². The lowest BCUT2D eigenvalue weighted by molar-refractivity contribution is -0.145. The van der Waals surface area contributed by atoms with Crippen LogP contribution in [0.5, 0.6) is 0 Å². The lowest BCUT2D eigenvalue weighted by Gasteiger charge is -2.09. The molecule has 1 fully saturated rings. The van der Waals surface area contributed by atoms with Crippen molar-refractivity contribution in [1.82, 2.24) is 0 Å². The van der Waals surface area contributed by atoms with Gasteiger partial charge in [0.1, 0.15) is 12.1 Å². The van der Waals surface area contributed by atoms with E-state index < -0.39 is 18.1 Å². The van der Waals surface area contributed by atoms with Gasteiger partial charge >= 0.3 is 5.97 Å². The molecule has 1 aliphatic carbocycles. The zero-order valence-corrected chi connectivity index (χ0v) is 6.15. The molecular weight excluding hydrogens is 135 g/mol. The monoisotopic (exact) mass is 146 g/mol. The Kier molecular flexibility index (Phi) is 1.28. The Labute approximate surface area is 59.0 Å². The van der Waals surface area contributed by atoms with Crippen LogP contribution in [0, 0.1) is 10.8 Å². The second-order valence-corrected chi connectivity index (χ2v) is 3.58. The molecule has 1 rings (SSSR count). The molecule has 1 N–H and O–H groups in total. The molecule has 10 heavy (non-hydrogen) atoms. The van der Waals surface area contributed by atoms with Crippen molar-refractivity contribution in [2.45, 2.75) is 20.3 Å². The van der Waals surface area contributed by atoms with Crippen LogP contribution in [0.3, 0.4) is 0 Å². The van der Waals surface area contributed by atoms with E-state index in [-0.39, 0.29) is 5.41 Å². The van der Waals surface area contributed by atoms with Gasteiger partial charge in [-0.15, -0.1) is 0 Å². The third kappa shape index (κ3) is 0.662. The summed E-state index contributed by atoms with van der Waals surface area (Å²) >= 11 is 0. The molecule has 0 radical (unpaired) electrons. The molecule has 0 aromatic rings. The summed E-state index contributed by atoms with van der Waals surface area (Å²) < 4.78 is 12.2. The highest BCUT2D eigenvalue weighted by Crippen LogP contribution is 2.63. The topological polar surface area (TPSA) is 37.3 Å². The van der Waals surface area contributed by atoms with Crippen molar-refractivity contribution >= 4 is 5.97 Å². The molecule has 0 amide bonds. The minimum absolute atomic E-state index is 0.340. The van der Waals surface area contributed by atoms with Gasteiger partial charge in [0.2, 0.25) is 0 Å². The summed E-state index contributed by atoms with van der Waals surface area (Å²) in [7, 11) is 0. The molecule has 58 valence electrons. The molecule has 0 aromatic carbocycles. The average Bonchev–Trinajstić information content (AvgIpc) is 2.35. The van der Waals surface area contributed by atoms with Gasteiger partial charge in [0, 0.05) is 0 Å². The minimum Gasteiger partial charge on any atom is -0.481 e. The summed E-state index contributed by atoms with van der Waals surface area (Å²) in [5.41, 5.74) is -1.40. The van der Waals surface area contributed by atoms with Crippen molar-refractivity contribution in [3.05, 3.63) is 0 Å². The Hall–Kier alpha value is -0.600. The molecule has 0 heterocycles. The van der Waals surface area contributed by atoms with Crippen molar-refractivity contribution < 1.29 is 14.3 Å². The molecule has 1 atom stereocenters. The number of halogens is 1. The van der Waals surface area contributed by atoms with E-state index in [0.29, 0.717) is 6.42 Å². The van der Waals surface area contributed by atoms with Gasteiger partial charge in [-0.25, -0.2) is 4.39 Å². The van der Waals surface area contributed by atoms with E-state index in [9.17, 15) is 9.18 Å². The number of hydrogen-bond donors (Lipinski definition) is 1. The highest BCUT2D eigenvalue weighted by molar-refractivity contribution is 5.79. The lowest BCUT2D eigenvalue weighted by atomic mass is 9.98. The van der Waals surface area contributed by atoms with Crippen LogP contribution >= 0.6 is 0 Å². The molecule has 2 nitrogen and oxygen atoms in total. The maximum atomic E-state index is 12.2. The standard InChI is InChI=1S/C7H11FO2/c1-6(2)3-7(6,4-8)5(9)10/h3-4H2,1-2H3,(H,9,10). The van der Waals surface area contributed by atoms with Crippen molar-refractivity contribution in [2.24, 2.45) is 10.8 Å². The summed E-state index contributed by atoms with van der Waals surface area (Å²) in [5.74, 6) is -1.000. The second-order valence-electron chi connectivity index (χ2n) is 3.58. The van der Waals surface area contributed by atoms with E-state index in [1.807, 2.05) is 0 Å². The van der Waals surface area contributed by atoms with Gasteiger partial charge in [-0.1, -0.05) is 13.8 Å². The van der Waals surface area contributed by atoms with Gasteiger partial charge in [-0.05, 0) is 11.8 Å². The van der Waals surface area contributed by atoms with E-state index in [2.05, 4.69) is 0 Å². The Morgan fingerprint density at radius 1 is 1.70 bits per heavy atom. The van der Waals surface area contributed by atoms with Crippen LogP contribution in [0.2, 0.25) is 0 Å². The molecule has 1 unspecified atom stereocenters. The summed E-state index contributed by atoms with van der Waals surface area (Å²) in [6.45, 7) is 2.82. The fourth-order valence-corrected chi connectivity index (χ4v) is 1.36. The van der Waals surface area contributed by atoms with Crippen molar-refractivity contribution in [2.75, 3.05) is 6.67 Å². The summed E-state index contributed by atoms with van der Waals surface area (Å²) in [5, 5.41) is 8.60. The van der Waals surface area contributed by atoms with Gasteiger partial charge < -0.3 is 5.11 Å². The average molecular weight is 146 g/mol. The number of carboxylic acid groups (broad SMARTS) is 1. The maximum absolute atomic E-state index is 12.2. The molecule has 0 aromatic heterocycles. The first-order valence-corrected chi connectivity index (χ1v) is 3.26. The Bertz CT molecular complexity index is 176. The fourth-order valence-electron chi connectivity index (χ4n) is 1.36. The highest BCUT2D eigenvalue weighted by Gasteiger charge is 2.67. The summed E-state index contributed by atoms with van der Waals surface area (Å²) in [6, 6.07) is 0. The zero-order valence-electron chi connectivity index (χ0n) is 6.15. The van der Waals surface area contributed by atoms with Crippen molar-refractivity contribution in [3.63, 3.8) is 0 Å². The normalized spacial score (nSPS) is 35.5. The Morgan fingerprint density at radius 2 is 2.10 bits per heavy atom. The number of carbonyl (C=O) groups is 1. The van der Waals surface area contributed by atoms with Gasteiger partial charge in [0.15, 0.2) is 0 Å². The van der Waals surface area contributed by atoms with E-state index in [1.165, 1.54) is 0 Å². The van der Waals surface area contributed by atoms with Gasteiger partial charge in [0.25, 0.3) is 0 Å². The largest absolute Gasteiger partial charge is 0.481 e. The molecule has 1 saturated carbocycles. The number of aliphatic carboxylic acids is 1. The SMILES string of the molecule is CC1(C)CC1(CF)C(=O)O.